The first-order valence-corrected chi connectivity index (χ1v) is 18.1. The predicted octanol–water partition coefficient (Wildman–Crippen LogP) is 12.7. The van der Waals surface area contributed by atoms with Crippen molar-refractivity contribution in [1.29, 1.82) is 0 Å². The Hall–Kier alpha value is -7.37. The van der Waals surface area contributed by atoms with E-state index in [4.69, 9.17) is 19.4 Å². The molecule has 0 bridgehead atoms. The maximum Gasteiger partial charge on any atom is 0.170 e. The van der Waals surface area contributed by atoms with E-state index < -0.39 is 0 Å². The van der Waals surface area contributed by atoms with Crippen LogP contribution in [0.3, 0.4) is 0 Å². The van der Waals surface area contributed by atoms with Crippen LogP contribution in [0.25, 0.3) is 105 Å². The number of benzene rings is 8. The van der Waals surface area contributed by atoms with Gasteiger partial charge >= 0.3 is 0 Å². The van der Waals surface area contributed by atoms with Gasteiger partial charge in [0.05, 0.1) is 22.3 Å². The standard InChI is InChI=1S/C49H30N4O/c1-3-14-31(15-4-1)34-19-13-20-35(30-34)48-50-47(33-17-5-2-6-18-33)51-49(52-48)45-42(29-27-38-37-22-10-12-25-43(37)54-46(38)45)53-40-24-11-9-23-39(40)44-36-21-8-7-16-32(36)26-28-41(44)53/h1-30H. The molecular weight excluding hydrogens is 661 g/mol. The minimum absolute atomic E-state index is 0.537. The monoisotopic (exact) mass is 690 g/mol. The lowest BCUT2D eigenvalue weighted by molar-refractivity contribution is 0.669. The summed E-state index contributed by atoms with van der Waals surface area (Å²) in [5.74, 6) is 1.72. The van der Waals surface area contributed by atoms with Crippen LogP contribution in [-0.2, 0) is 0 Å². The van der Waals surface area contributed by atoms with Crippen LogP contribution in [0.2, 0.25) is 0 Å². The lowest BCUT2D eigenvalue weighted by atomic mass is 10.0. The lowest BCUT2D eigenvalue weighted by Crippen LogP contribution is -2.04. The summed E-state index contributed by atoms with van der Waals surface area (Å²) in [6, 6.07) is 63.2. The van der Waals surface area contributed by atoms with Crippen molar-refractivity contribution in [3.05, 3.63) is 182 Å². The molecule has 11 rings (SSSR count). The second-order valence-electron chi connectivity index (χ2n) is 13.6. The average Bonchev–Trinajstić information content (AvgIpc) is 3.80. The highest BCUT2D eigenvalue weighted by molar-refractivity contribution is 6.22. The molecule has 0 saturated carbocycles. The van der Waals surface area contributed by atoms with E-state index in [2.05, 4.69) is 138 Å². The largest absolute Gasteiger partial charge is 0.455 e. The third-order valence-electron chi connectivity index (χ3n) is 10.4. The molecule has 8 aromatic carbocycles. The molecule has 0 aliphatic heterocycles. The highest BCUT2D eigenvalue weighted by Crippen LogP contribution is 2.43. The second kappa shape index (κ2) is 12.1. The van der Waals surface area contributed by atoms with E-state index in [1.165, 1.54) is 21.5 Å². The van der Waals surface area contributed by atoms with Crippen molar-refractivity contribution in [2.75, 3.05) is 0 Å². The Morgan fingerprint density at radius 1 is 0.389 bits per heavy atom. The minimum atomic E-state index is 0.537. The van der Waals surface area contributed by atoms with Gasteiger partial charge in [-0.05, 0) is 58.3 Å². The highest BCUT2D eigenvalue weighted by atomic mass is 16.3. The first-order chi connectivity index (χ1) is 26.8. The van der Waals surface area contributed by atoms with Crippen molar-refractivity contribution >= 4 is 54.5 Å². The number of nitrogens with zero attached hydrogens (tertiary/aromatic N) is 4. The summed E-state index contributed by atoms with van der Waals surface area (Å²) >= 11 is 0. The number of rotatable bonds is 5. The molecule has 3 heterocycles. The smallest absolute Gasteiger partial charge is 0.170 e. The van der Waals surface area contributed by atoms with Gasteiger partial charge in [-0.1, -0.05) is 146 Å². The molecule has 0 atom stereocenters. The minimum Gasteiger partial charge on any atom is -0.455 e. The van der Waals surface area contributed by atoms with Crippen LogP contribution in [0, 0.1) is 0 Å². The van der Waals surface area contributed by atoms with Crippen LogP contribution in [0.5, 0.6) is 0 Å². The molecule has 11 aromatic rings. The summed E-state index contributed by atoms with van der Waals surface area (Å²) in [7, 11) is 0. The average molecular weight is 691 g/mol. The van der Waals surface area contributed by atoms with Crippen LogP contribution in [0.4, 0.5) is 0 Å². The van der Waals surface area contributed by atoms with Crippen molar-refractivity contribution in [3.63, 3.8) is 0 Å². The molecule has 0 radical (unpaired) electrons. The van der Waals surface area contributed by atoms with Gasteiger partial charge in [0.1, 0.15) is 11.2 Å². The summed E-state index contributed by atoms with van der Waals surface area (Å²) in [4.78, 5) is 15.7. The van der Waals surface area contributed by atoms with Gasteiger partial charge in [0.15, 0.2) is 17.5 Å². The van der Waals surface area contributed by atoms with Gasteiger partial charge in [-0.3, -0.25) is 0 Å². The molecule has 0 aliphatic carbocycles. The number of para-hydroxylation sites is 2. The zero-order chi connectivity index (χ0) is 35.6. The first-order valence-electron chi connectivity index (χ1n) is 18.1. The zero-order valence-corrected chi connectivity index (χ0v) is 29.0. The van der Waals surface area contributed by atoms with Crippen LogP contribution >= 0.6 is 0 Å². The van der Waals surface area contributed by atoms with Crippen molar-refractivity contribution < 1.29 is 4.42 Å². The van der Waals surface area contributed by atoms with Gasteiger partial charge in [-0.2, -0.15) is 0 Å². The van der Waals surface area contributed by atoms with Gasteiger partial charge in [-0.25, -0.2) is 15.0 Å². The van der Waals surface area contributed by atoms with E-state index in [9.17, 15) is 0 Å². The Kier molecular flexibility index (Phi) is 6.79. The fourth-order valence-electron chi connectivity index (χ4n) is 7.98. The number of hydrogen-bond donors (Lipinski definition) is 0. The summed E-state index contributed by atoms with van der Waals surface area (Å²) in [5, 5.41) is 6.85. The molecule has 0 amide bonds. The molecule has 252 valence electrons. The van der Waals surface area contributed by atoms with Crippen molar-refractivity contribution in [2.45, 2.75) is 0 Å². The molecule has 0 saturated heterocycles. The fourth-order valence-corrected chi connectivity index (χ4v) is 7.98. The van der Waals surface area contributed by atoms with Gasteiger partial charge in [0.2, 0.25) is 0 Å². The third-order valence-corrected chi connectivity index (χ3v) is 10.4. The Bertz CT molecular complexity index is 3220. The second-order valence-corrected chi connectivity index (χ2v) is 13.6. The SMILES string of the molecule is c1ccc(-c2cccc(-c3nc(-c4ccccc4)nc(-c4c(-n5c6ccccc6c6c7ccccc7ccc65)ccc5c4oc4ccccc45)n3)c2)cc1. The molecule has 0 N–H and O–H groups in total. The Balaban J connectivity index is 1.26. The lowest BCUT2D eigenvalue weighted by Gasteiger charge is -2.15. The Morgan fingerprint density at radius 2 is 1.02 bits per heavy atom. The van der Waals surface area contributed by atoms with E-state index in [1.54, 1.807) is 0 Å². The highest BCUT2D eigenvalue weighted by Gasteiger charge is 2.25. The van der Waals surface area contributed by atoms with E-state index in [1.807, 2.05) is 48.5 Å². The van der Waals surface area contributed by atoms with Crippen LogP contribution in [0.15, 0.2) is 186 Å². The Labute approximate surface area is 310 Å². The summed E-state index contributed by atoms with van der Waals surface area (Å²) in [5.41, 5.74) is 9.49. The number of aromatic nitrogens is 4. The van der Waals surface area contributed by atoms with Gasteiger partial charge in [-0.15, -0.1) is 0 Å². The van der Waals surface area contributed by atoms with Crippen LogP contribution in [0.1, 0.15) is 0 Å². The number of fused-ring (bicyclic) bond motifs is 8. The molecule has 0 unspecified atom stereocenters. The zero-order valence-electron chi connectivity index (χ0n) is 29.0. The molecule has 0 aliphatic rings. The number of hydrogen-bond acceptors (Lipinski definition) is 4. The van der Waals surface area contributed by atoms with E-state index in [0.717, 1.165) is 66.5 Å². The number of furan rings is 1. The van der Waals surface area contributed by atoms with Gasteiger partial charge in [0.25, 0.3) is 0 Å². The summed E-state index contributed by atoms with van der Waals surface area (Å²) in [6.07, 6.45) is 0. The topological polar surface area (TPSA) is 56.7 Å². The summed E-state index contributed by atoms with van der Waals surface area (Å²) in [6.45, 7) is 0. The van der Waals surface area contributed by atoms with Gasteiger partial charge in [0, 0.05) is 32.7 Å². The normalized spacial score (nSPS) is 11.7. The quantitative estimate of drug-likeness (QED) is 0.180. The van der Waals surface area contributed by atoms with E-state index in [-0.39, 0.29) is 0 Å². The van der Waals surface area contributed by atoms with Crippen LogP contribution in [-0.4, -0.2) is 19.5 Å². The van der Waals surface area contributed by atoms with Crippen LogP contribution < -0.4 is 0 Å². The molecule has 5 nitrogen and oxygen atoms in total. The van der Waals surface area contributed by atoms with Crippen molar-refractivity contribution in [1.82, 2.24) is 19.5 Å². The van der Waals surface area contributed by atoms with Crippen molar-refractivity contribution in [3.8, 4) is 51.0 Å². The third kappa shape index (κ3) is 4.76. The molecule has 0 spiro atoms. The molecular formula is C49H30N4O. The molecule has 3 aromatic heterocycles. The molecule has 5 heteroatoms. The fraction of sp³-hybridized carbons (Fsp3) is 0. The Morgan fingerprint density at radius 3 is 1.85 bits per heavy atom. The van der Waals surface area contributed by atoms with E-state index in [0.29, 0.717) is 17.5 Å². The van der Waals surface area contributed by atoms with Crippen molar-refractivity contribution in [2.24, 2.45) is 0 Å². The maximum absolute atomic E-state index is 6.83. The maximum atomic E-state index is 6.83. The predicted molar refractivity (Wildman–Crippen MR) is 221 cm³/mol. The van der Waals surface area contributed by atoms with Gasteiger partial charge < -0.3 is 8.98 Å². The summed E-state index contributed by atoms with van der Waals surface area (Å²) < 4.78 is 9.17. The first kappa shape index (κ1) is 30.3. The molecule has 0 fully saturated rings. The molecule has 54 heavy (non-hydrogen) atoms. The van der Waals surface area contributed by atoms with E-state index >= 15 is 0 Å².